The van der Waals surface area contributed by atoms with Crippen LogP contribution in [-0.4, -0.2) is 0 Å². The third-order valence-electron chi connectivity index (χ3n) is 1.86. The van der Waals surface area contributed by atoms with Crippen molar-refractivity contribution in [2.45, 2.75) is 20.3 Å². The zero-order chi connectivity index (χ0) is 6.15. The van der Waals surface area contributed by atoms with Crippen molar-refractivity contribution in [2.75, 3.05) is 0 Å². The topological polar surface area (TPSA) is 23.8 Å². The number of hydrogen-bond donors (Lipinski definition) is 0. The minimum absolute atomic E-state index is 0.398. The summed E-state index contributed by atoms with van der Waals surface area (Å²) in [7, 11) is 0. The van der Waals surface area contributed by atoms with E-state index in [4.69, 9.17) is 5.26 Å². The highest BCUT2D eigenvalue weighted by Gasteiger charge is 2.39. The molecular weight excluding hydrogens is 98.1 g/mol. The Morgan fingerprint density at radius 1 is 1.62 bits per heavy atom. The summed E-state index contributed by atoms with van der Waals surface area (Å²) < 4.78 is 0. The lowest BCUT2D eigenvalue weighted by atomic mass is 10.1. The number of nitriles is 1. The lowest BCUT2D eigenvalue weighted by Crippen LogP contribution is -1.90. The fourth-order valence-corrected chi connectivity index (χ4v) is 1.10. The second kappa shape index (κ2) is 1.78. The highest BCUT2D eigenvalue weighted by molar-refractivity contribution is 5.02. The summed E-state index contributed by atoms with van der Waals surface area (Å²) in [4.78, 5) is 0. The average Bonchev–Trinajstić information content (AvgIpc) is 2.42. The van der Waals surface area contributed by atoms with Crippen LogP contribution in [0.3, 0.4) is 0 Å². The molecule has 0 N–H and O–H groups in total. The van der Waals surface area contributed by atoms with Crippen LogP contribution in [0, 0.1) is 29.1 Å². The Morgan fingerprint density at radius 2 is 2.25 bits per heavy atom. The summed E-state index contributed by atoms with van der Waals surface area (Å²) in [5.74, 6) is 1.84. The first-order valence-electron chi connectivity index (χ1n) is 3.15. The molecule has 0 aromatic heterocycles. The maximum atomic E-state index is 8.38. The predicted molar refractivity (Wildman–Crippen MR) is 32.0 cm³/mol. The molecule has 8 heavy (non-hydrogen) atoms. The van der Waals surface area contributed by atoms with Gasteiger partial charge in [-0.3, -0.25) is 0 Å². The van der Waals surface area contributed by atoms with Gasteiger partial charge in [-0.1, -0.05) is 13.8 Å². The molecule has 1 fully saturated rings. The lowest BCUT2D eigenvalue weighted by molar-refractivity contribution is 0.545. The molecule has 0 aromatic rings. The summed E-state index contributed by atoms with van der Waals surface area (Å²) in [6, 6.07) is 2.27. The highest BCUT2D eigenvalue weighted by atomic mass is 14.4. The summed E-state index contributed by atoms with van der Waals surface area (Å²) in [6.45, 7) is 4.37. The largest absolute Gasteiger partial charge is 0.198 e. The van der Waals surface area contributed by atoms with E-state index in [-0.39, 0.29) is 0 Å². The van der Waals surface area contributed by atoms with Gasteiger partial charge in [0.15, 0.2) is 0 Å². The van der Waals surface area contributed by atoms with E-state index in [1.54, 1.807) is 0 Å². The van der Waals surface area contributed by atoms with Crippen LogP contribution in [0.5, 0.6) is 0 Å². The Kier molecular flexibility index (Phi) is 1.25. The normalized spacial score (nSPS) is 34.8. The van der Waals surface area contributed by atoms with Crippen LogP contribution in [0.4, 0.5) is 0 Å². The molecule has 0 aromatic carbocycles. The van der Waals surface area contributed by atoms with Crippen molar-refractivity contribution in [3.05, 3.63) is 0 Å². The van der Waals surface area contributed by atoms with Crippen molar-refractivity contribution in [3.63, 3.8) is 0 Å². The Morgan fingerprint density at radius 3 is 2.38 bits per heavy atom. The molecule has 0 radical (unpaired) electrons. The molecule has 1 rings (SSSR count). The summed E-state index contributed by atoms with van der Waals surface area (Å²) >= 11 is 0. The van der Waals surface area contributed by atoms with Gasteiger partial charge in [-0.2, -0.15) is 5.26 Å². The van der Waals surface area contributed by atoms with Crippen LogP contribution < -0.4 is 0 Å². The van der Waals surface area contributed by atoms with E-state index < -0.39 is 0 Å². The number of rotatable bonds is 1. The smallest absolute Gasteiger partial charge is 0.0658 e. The fourth-order valence-electron chi connectivity index (χ4n) is 1.10. The van der Waals surface area contributed by atoms with Gasteiger partial charge in [0.25, 0.3) is 0 Å². The van der Waals surface area contributed by atoms with E-state index in [9.17, 15) is 0 Å². The molecule has 44 valence electrons. The van der Waals surface area contributed by atoms with Crippen molar-refractivity contribution < 1.29 is 0 Å². The quantitative estimate of drug-likeness (QED) is 0.503. The van der Waals surface area contributed by atoms with Crippen LogP contribution in [-0.2, 0) is 0 Å². The first-order chi connectivity index (χ1) is 3.75. The van der Waals surface area contributed by atoms with Gasteiger partial charge < -0.3 is 0 Å². The van der Waals surface area contributed by atoms with Crippen molar-refractivity contribution in [1.82, 2.24) is 0 Å². The molecule has 1 aliphatic carbocycles. The zero-order valence-corrected chi connectivity index (χ0v) is 5.39. The summed E-state index contributed by atoms with van der Waals surface area (Å²) in [6.07, 6.45) is 1.15. The van der Waals surface area contributed by atoms with Crippen LogP contribution in [0.25, 0.3) is 0 Å². The monoisotopic (exact) mass is 109 g/mol. The number of hydrogen-bond acceptors (Lipinski definition) is 1. The van der Waals surface area contributed by atoms with Crippen molar-refractivity contribution in [3.8, 4) is 6.07 Å². The van der Waals surface area contributed by atoms with E-state index in [1.165, 1.54) is 0 Å². The Balaban J connectivity index is 2.29. The van der Waals surface area contributed by atoms with Gasteiger partial charge in [-0.15, -0.1) is 0 Å². The maximum Gasteiger partial charge on any atom is 0.0658 e. The third-order valence-corrected chi connectivity index (χ3v) is 1.86. The second-order valence-corrected chi connectivity index (χ2v) is 2.88. The Bertz CT molecular complexity index is 121. The SMILES string of the molecule is CC(C)[C@H]1C[C@H]1C#N. The molecule has 0 bridgehead atoms. The van der Waals surface area contributed by atoms with E-state index in [0.29, 0.717) is 5.92 Å². The van der Waals surface area contributed by atoms with E-state index in [0.717, 1.165) is 18.3 Å². The zero-order valence-electron chi connectivity index (χ0n) is 5.39. The predicted octanol–water partition coefficient (Wildman–Crippen LogP) is 1.80. The van der Waals surface area contributed by atoms with Crippen LogP contribution in [0.1, 0.15) is 20.3 Å². The first kappa shape index (κ1) is 5.62. The van der Waals surface area contributed by atoms with Gasteiger partial charge in [0.05, 0.1) is 6.07 Å². The standard InChI is InChI=1S/C7H11N/c1-5(2)7-3-6(7)4-8/h5-7H,3H2,1-2H3/t6-,7+/m0/s1. The molecule has 1 aliphatic rings. The summed E-state index contributed by atoms with van der Waals surface area (Å²) in [5, 5.41) is 8.38. The molecule has 1 heteroatoms. The highest BCUT2D eigenvalue weighted by Crippen LogP contribution is 2.43. The first-order valence-corrected chi connectivity index (χ1v) is 3.15. The summed E-state index contributed by atoms with van der Waals surface area (Å²) in [5.41, 5.74) is 0. The van der Waals surface area contributed by atoms with E-state index in [1.807, 2.05) is 0 Å². The molecule has 0 spiro atoms. The van der Waals surface area contributed by atoms with Gasteiger partial charge in [-0.25, -0.2) is 0 Å². The Labute approximate surface area is 50.3 Å². The van der Waals surface area contributed by atoms with Gasteiger partial charge in [0, 0.05) is 5.92 Å². The average molecular weight is 109 g/mol. The Hall–Kier alpha value is -0.510. The van der Waals surface area contributed by atoms with Crippen LogP contribution >= 0.6 is 0 Å². The molecule has 0 aliphatic heterocycles. The molecule has 1 nitrogen and oxygen atoms in total. The molecule has 0 saturated heterocycles. The van der Waals surface area contributed by atoms with Crippen molar-refractivity contribution >= 4 is 0 Å². The van der Waals surface area contributed by atoms with Gasteiger partial charge in [0.1, 0.15) is 0 Å². The van der Waals surface area contributed by atoms with Gasteiger partial charge in [-0.05, 0) is 18.3 Å². The second-order valence-electron chi connectivity index (χ2n) is 2.88. The maximum absolute atomic E-state index is 8.38. The molecule has 0 amide bonds. The van der Waals surface area contributed by atoms with Crippen LogP contribution in [0.15, 0.2) is 0 Å². The molecule has 0 unspecified atom stereocenters. The van der Waals surface area contributed by atoms with Crippen molar-refractivity contribution in [1.29, 1.82) is 5.26 Å². The third kappa shape index (κ3) is 0.838. The van der Waals surface area contributed by atoms with Crippen LogP contribution in [0.2, 0.25) is 0 Å². The molecule has 0 heterocycles. The molecule has 1 saturated carbocycles. The lowest BCUT2D eigenvalue weighted by Gasteiger charge is -1.95. The van der Waals surface area contributed by atoms with E-state index >= 15 is 0 Å². The van der Waals surface area contributed by atoms with Crippen molar-refractivity contribution in [2.24, 2.45) is 17.8 Å². The van der Waals surface area contributed by atoms with Gasteiger partial charge >= 0.3 is 0 Å². The minimum atomic E-state index is 0.398. The number of nitrogens with zero attached hydrogens (tertiary/aromatic N) is 1. The van der Waals surface area contributed by atoms with E-state index in [2.05, 4.69) is 19.9 Å². The molecular formula is C7H11N. The fraction of sp³-hybridized carbons (Fsp3) is 0.857. The molecule has 2 atom stereocenters. The van der Waals surface area contributed by atoms with Gasteiger partial charge in [0.2, 0.25) is 0 Å². The minimum Gasteiger partial charge on any atom is -0.198 e.